The summed E-state index contributed by atoms with van der Waals surface area (Å²) in [4.78, 5) is 0. The molecule has 0 saturated heterocycles. The number of hydrogen-bond donors (Lipinski definition) is 2. The topological polar surface area (TPSA) is 46.2 Å². The van der Waals surface area contributed by atoms with Gasteiger partial charge in [-0.2, -0.15) is 0 Å². The Kier molecular flexibility index (Phi) is 3.63. The molecule has 0 spiro atoms. The summed E-state index contributed by atoms with van der Waals surface area (Å²) in [5, 5.41) is 9.25. The van der Waals surface area contributed by atoms with Crippen LogP contribution >= 0.6 is 22.6 Å². The summed E-state index contributed by atoms with van der Waals surface area (Å²) in [5.74, 6) is -0.286. The van der Waals surface area contributed by atoms with E-state index in [1.165, 1.54) is 12.1 Å². The Morgan fingerprint density at radius 2 is 2.15 bits per heavy atom. The SMILES string of the molecule is C[C@H](O)[C@@H](N)c1ccc(F)cc1I. The molecule has 13 heavy (non-hydrogen) atoms. The summed E-state index contributed by atoms with van der Waals surface area (Å²) in [5.41, 5.74) is 6.49. The molecule has 0 radical (unpaired) electrons. The minimum absolute atomic E-state index is 0.286. The number of rotatable bonds is 2. The second kappa shape index (κ2) is 4.34. The monoisotopic (exact) mass is 295 g/mol. The summed E-state index contributed by atoms with van der Waals surface area (Å²) in [6, 6.07) is 3.90. The minimum Gasteiger partial charge on any atom is -0.391 e. The molecule has 1 aromatic rings. The predicted molar refractivity (Wildman–Crippen MR) is 57.7 cm³/mol. The van der Waals surface area contributed by atoms with Crippen molar-refractivity contribution in [1.82, 2.24) is 0 Å². The summed E-state index contributed by atoms with van der Waals surface area (Å²) in [6.45, 7) is 1.62. The Hall–Kier alpha value is -0.200. The fourth-order valence-corrected chi connectivity index (χ4v) is 1.87. The smallest absolute Gasteiger partial charge is 0.124 e. The van der Waals surface area contributed by atoms with Gasteiger partial charge in [-0.25, -0.2) is 4.39 Å². The first-order valence-electron chi connectivity index (χ1n) is 3.91. The first kappa shape index (κ1) is 10.9. The lowest BCUT2D eigenvalue weighted by molar-refractivity contribution is 0.164. The van der Waals surface area contributed by atoms with Gasteiger partial charge in [-0.05, 0) is 47.2 Å². The van der Waals surface area contributed by atoms with Gasteiger partial charge in [-0.3, -0.25) is 0 Å². The maximum Gasteiger partial charge on any atom is 0.124 e. The molecule has 4 heteroatoms. The minimum atomic E-state index is -0.626. The summed E-state index contributed by atoms with van der Waals surface area (Å²) < 4.78 is 13.4. The molecule has 0 amide bonds. The summed E-state index contributed by atoms with van der Waals surface area (Å²) >= 11 is 2.00. The molecular weight excluding hydrogens is 284 g/mol. The highest BCUT2D eigenvalue weighted by Gasteiger charge is 2.14. The van der Waals surface area contributed by atoms with E-state index in [1.54, 1.807) is 13.0 Å². The van der Waals surface area contributed by atoms with Crippen LogP contribution in [-0.2, 0) is 0 Å². The van der Waals surface area contributed by atoms with Crippen LogP contribution in [0.15, 0.2) is 18.2 Å². The van der Waals surface area contributed by atoms with E-state index < -0.39 is 12.1 Å². The van der Waals surface area contributed by atoms with Crippen molar-refractivity contribution < 1.29 is 9.50 Å². The van der Waals surface area contributed by atoms with E-state index in [9.17, 15) is 9.50 Å². The van der Waals surface area contributed by atoms with Gasteiger partial charge in [0.25, 0.3) is 0 Å². The summed E-state index contributed by atoms with van der Waals surface area (Å²) in [7, 11) is 0. The molecule has 72 valence electrons. The Labute approximate surface area is 90.1 Å². The average molecular weight is 295 g/mol. The molecule has 0 bridgehead atoms. The maximum absolute atomic E-state index is 12.7. The Morgan fingerprint density at radius 1 is 1.54 bits per heavy atom. The van der Waals surface area contributed by atoms with Crippen molar-refractivity contribution in [3.63, 3.8) is 0 Å². The van der Waals surface area contributed by atoms with E-state index >= 15 is 0 Å². The Bertz CT molecular complexity index is 304. The third kappa shape index (κ3) is 2.62. The molecule has 2 nitrogen and oxygen atoms in total. The van der Waals surface area contributed by atoms with Gasteiger partial charge in [0, 0.05) is 3.57 Å². The van der Waals surface area contributed by atoms with Crippen molar-refractivity contribution in [1.29, 1.82) is 0 Å². The zero-order chi connectivity index (χ0) is 10.0. The Morgan fingerprint density at radius 3 is 2.62 bits per heavy atom. The molecular formula is C9H11FINO. The number of aliphatic hydroxyl groups excluding tert-OH is 1. The van der Waals surface area contributed by atoms with Crippen LogP contribution in [0.3, 0.4) is 0 Å². The molecule has 0 saturated carbocycles. The fraction of sp³-hybridized carbons (Fsp3) is 0.333. The van der Waals surface area contributed by atoms with Crippen molar-refractivity contribution in [2.75, 3.05) is 0 Å². The van der Waals surface area contributed by atoms with Crippen LogP contribution in [0.1, 0.15) is 18.5 Å². The lowest BCUT2D eigenvalue weighted by Gasteiger charge is -2.16. The maximum atomic E-state index is 12.7. The number of benzene rings is 1. The summed E-state index contributed by atoms with van der Waals surface area (Å²) in [6.07, 6.45) is -0.626. The third-order valence-corrected chi connectivity index (χ3v) is 2.78. The fourth-order valence-electron chi connectivity index (χ4n) is 1.03. The highest BCUT2D eigenvalue weighted by Crippen LogP contribution is 2.21. The van der Waals surface area contributed by atoms with Crippen molar-refractivity contribution in [2.24, 2.45) is 5.73 Å². The molecule has 0 heterocycles. The van der Waals surface area contributed by atoms with Crippen LogP contribution in [0.4, 0.5) is 4.39 Å². The number of halogens is 2. The molecule has 1 aromatic carbocycles. The van der Waals surface area contributed by atoms with Crippen LogP contribution < -0.4 is 5.73 Å². The van der Waals surface area contributed by atoms with Crippen LogP contribution in [0.5, 0.6) is 0 Å². The van der Waals surface area contributed by atoms with Crippen molar-refractivity contribution in [3.05, 3.63) is 33.1 Å². The standard InChI is InChI=1S/C9H11FINO/c1-5(13)9(12)7-3-2-6(10)4-8(7)11/h2-5,9,13H,12H2,1H3/t5-,9+/m0/s1. The average Bonchev–Trinajstić information content (AvgIpc) is 2.03. The van der Waals surface area contributed by atoms with Crippen LogP contribution in [0.25, 0.3) is 0 Å². The molecule has 0 aliphatic heterocycles. The van der Waals surface area contributed by atoms with Gasteiger partial charge >= 0.3 is 0 Å². The molecule has 0 aliphatic carbocycles. The van der Waals surface area contributed by atoms with Crippen LogP contribution in [0, 0.1) is 9.39 Å². The van der Waals surface area contributed by atoms with Gasteiger partial charge in [0.15, 0.2) is 0 Å². The van der Waals surface area contributed by atoms with Gasteiger partial charge in [0.2, 0.25) is 0 Å². The number of hydrogen-bond acceptors (Lipinski definition) is 2. The molecule has 0 unspecified atom stereocenters. The van der Waals surface area contributed by atoms with E-state index in [2.05, 4.69) is 0 Å². The Balaban J connectivity index is 3.01. The first-order chi connectivity index (χ1) is 6.02. The van der Waals surface area contributed by atoms with E-state index in [0.29, 0.717) is 0 Å². The van der Waals surface area contributed by atoms with E-state index in [4.69, 9.17) is 5.73 Å². The van der Waals surface area contributed by atoms with Crippen LogP contribution in [-0.4, -0.2) is 11.2 Å². The molecule has 0 fully saturated rings. The van der Waals surface area contributed by atoms with E-state index in [-0.39, 0.29) is 5.82 Å². The van der Waals surface area contributed by atoms with Gasteiger partial charge in [-0.15, -0.1) is 0 Å². The highest BCUT2D eigenvalue weighted by atomic mass is 127. The van der Waals surface area contributed by atoms with Crippen molar-refractivity contribution in [3.8, 4) is 0 Å². The zero-order valence-corrected chi connectivity index (χ0v) is 9.32. The first-order valence-corrected chi connectivity index (χ1v) is 4.99. The second-order valence-electron chi connectivity index (χ2n) is 2.93. The normalized spacial score (nSPS) is 15.5. The number of nitrogens with two attached hydrogens (primary N) is 1. The predicted octanol–water partition coefficient (Wildman–Crippen LogP) is 1.81. The largest absolute Gasteiger partial charge is 0.391 e. The van der Waals surface area contributed by atoms with Gasteiger partial charge in [-0.1, -0.05) is 6.07 Å². The van der Waals surface area contributed by atoms with Gasteiger partial charge in [0.1, 0.15) is 5.82 Å². The quantitative estimate of drug-likeness (QED) is 0.817. The van der Waals surface area contributed by atoms with Crippen LogP contribution in [0.2, 0.25) is 0 Å². The molecule has 0 aromatic heterocycles. The molecule has 2 atom stereocenters. The van der Waals surface area contributed by atoms with E-state index in [1.807, 2.05) is 22.6 Å². The van der Waals surface area contributed by atoms with Crippen molar-refractivity contribution >= 4 is 22.6 Å². The molecule has 0 aliphatic rings. The number of aliphatic hydroxyl groups is 1. The lowest BCUT2D eigenvalue weighted by Crippen LogP contribution is -2.24. The zero-order valence-electron chi connectivity index (χ0n) is 7.17. The molecule has 3 N–H and O–H groups in total. The van der Waals surface area contributed by atoms with Gasteiger partial charge < -0.3 is 10.8 Å². The van der Waals surface area contributed by atoms with E-state index in [0.717, 1.165) is 9.13 Å². The third-order valence-electron chi connectivity index (χ3n) is 1.84. The van der Waals surface area contributed by atoms with Gasteiger partial charge in [0.05, 0.1) is 12.1 Å². The van der Waals surface area contributed by atoms with Crippen molar-refractivity contribution in [2.45, 2.75) is 19.1 Å². The lowest BCUT2D eigenvalue weighted by atomic mass is 10.0. The second-order valence-corrected chi connectivity index (χ2v) is 4.09. The molecule has 1 rings (SSSR count). The highest BCUT2D eigenvalue weighted by molar-refractivity contribution is 14.1.